The number of nitrogens with two attached hydrogens (primary N) is 1. The van der Waals surface area contributed by atoms with Gasteiger partial charge in [-0.25, -0.2) is 0 Å². The molecule has 3 heteroatoms. The monoisotopic (exact) mass is 256 g/mol. The average Bonchev–Trinajstić information content (AvgIpc) is 2.64. The largest absolute Gasteiger partial charge is 0.374 e. The first-order chi connectivity index (χ1) is 8.43. The van der Waals surface area contributed by atoms with E-state index in [2.05, 4.69) is 39.5 Å². The predicted molar refractivity (Wildman–Crippen MR) is 77.7 cm³/mol. The number of nitrogens with zero attached hydrogens (tertiary/aromatic N) is 1. The highest BCUT2D eigenvalue weighted by Gasteiger charge is 2.32. The molecule has 0 radical (unpaired) electrons. The van der Waals surface area contributed by atoms with E-state index in [-0.39, 0.29) is 0 Å². The molecular weight excluding hydrogens is 224 g/mol. The fraction of sp³-hybridized carbons (Fsp3) is 1.00. The molecule has 1 aliphatic rings. The molecule has 1 heterocycles. The van der Waals surface area contributed by atoms with E-state index in [1.165, 1.54) is 6.42 Å². The lowest BCUT2D eigenvalue weighted by molar-refractivity contribution is -0.0105. The van der Waals surface area contributed by atoms with Crippen LogP contribution in [0.4, 0.5) is 0 Å². The van der Waals surface area contributed by atoms with E-state index in [0.717, 1.165) is 19.5 Å². The highest BCUT2D eigenvalue weighted by atomic mass is 16.5. The van der Waals surface area contributed by atoms with Crippen molar-refractivity contribution in [1.29, 1.82) is 0 Å². The Labute approximate surface area is 113 Å². The molecule has 3 atom stereocenters. The normalized spacial score (nSPS) is 26.5. The van der Waals surface area contributed by atoms with Crippen LogP contribution in [0, 0.1) is 11.8 Å². The van der Waals surface area contributed by atoms with Gasteiger partial charge in [-0.3, -0.25) is 4.90 Å². The minimum Gasteiger partial charge on any atom is -0.374 e. The molecule has 2 N–H and O–H groups in total. The van der Waals surface area contributed by atoms with Crippen molar-refractivity contribution in [2.45, 2.75) is 65.7 Å². The Morgan fingerprint density at radius 3 is 2.00 bits per heavy atom. The molecule has 3 nitrogen and oxygen atoms in total. The van der Waals surface area contributed by atoms with Crippen LogP contribution in [0.2, 0.25) is 0 Å². The second-order valence-electron chi connectivity index (χ2n) is 6.61. The van der Waals surface area contributed by atoms with E-state index in [9.17, 15) is 0 Å². The van der Waals surface area contributed by atoms with Crippen molar-refractivity contribution in [3.05, 3.63) is 0 Å². The maximum Gasteiger partial charge on any atom is 0.0747 e. The molecule has 1 aliphatic heterocycles. The fourth-order valence-electron chi connectivity index (χ4n) is 2.94. The van der Waals surface area contributed by atoms with Crippen LogP contribution in [-0.2, 0) is 4.74 Å². The molecule has 0 spiro atoms. The lowest BCUT2D eigenvalue weighted by atomic mass is 10.0. The minimum atomic E-state index is 0.336. The zero-order valence-electron chi connectivity index (χ0n) is 12.9. The summed E-state index contributed by atoms with van der Waals surface area (Å²) in [4.78, 5) is 2.55. The quantitative estimate of drug-likeness (QED) is 0.760. The summed E-state index contributed by atoms with van der Waals surface area (Å²) < 4.78 is 6.04. The molecule has 1 saturated heterocycles. The third-order valence-corrected chi connectivity index (χ3v) is 3.60. The lowest BCUT2D eigenvalue weighted by Gasteiger charge is -2.36. The smallest absolute Gasteiger partial charge is 0.0747 e. The van der Waals surface area contributed by atoms with Gasteiger partial charge in [0.05, 0.1) is 12.2 Å². The second kappa shape index (κ2) is 7.46. The van der Waals surface area contributed by atoms with E-state index in [0.29, 0.717) is 36.6 Å². The van der Waals surface area contributed by atoms with Crippen LogP contribution in [-0.4, -0.2) is 42.8 Å². The summed E-state index contributed by atoms with van der Waals surface area (Å²) in [6, 6.07) is 0.389. The van der Waals surface area contributed by atoms with Crippen molar-refractivity contribution in [3.63, 3.8) is 0 Å². The van der Waals surface area contributed by atoms with Gasteiger partial charge in [-0.2, -0.15) is 0 Å². The summed E-state index contributed by atoms with van der Waals surface area (Å²) in [5.74, 6) is 1.35. The topological polar surface area (TPSA) is 38.5 Å². The van der Waals surface area contributed by atoms with Gasteiger partial charge in [0.1, 0.15) is 0 Å². The third-order valence-electron chi connectivity index (χ3n) is 3.60. The molecule has 1 fully saturated rings. The molecule has 0 aromatic rings. The van der Waals surface area contributed by atoms with E-state index in [4.69, 9.17) is 10.5 Å². The Morgan fingerprint density at radius 1 is 1.11 bits per heavy atom. The van der Waals surface area contributed by atoms with Crippen LogP contribution in [0.25, 0.3) is 0 Å². The molecule has 0 aliphatic carbocycles. The molecule has 0 aromatic carbocycles. The van der Waals surface area contributed by atoms with Gasteiger partial charge in [-0.1, -0.05) is 27.7 Å². The van der Waals surface area contributed by atoms with Crippen molar-refractivity contribution < 1.29 is 4.74 Å². The fourth-order valence-corrected chi connectivity index (χ4v) is 2.94. The van der Waals surface area contributed by atoms with E-state index in [1.54, 1.807) is 0 Å². The zero-order valence-corrected chi connectivity index (χ0v) is 12.9. The molecule has 0 bridgehead atoms. The number of ether oxygens (including phenoxy) is 1. The lowest BCUT2D eigenvalue weighted by Crippen LogP contribution is -2.50. The van der Waals surface area contributed by atoms with Crippen molar-refractivity contribution in [2.75, 3.05) is 19.6 Å². The van der Waals surface area contributed by atoms with Crippen molar-refractivity contribution >= 4 is 0 Å². The van der Waals surface area contributed by atoms with Crippen LogP contribution in [0.15, 0.2) is 0 Å². The molecule has 108 valence electrons. The summed E-state index contributed by atoms with van der Waals surface area (Å²) in [5.41, 5.74) is 6.03. The zero-order chi connectivity index (χ0) is 13.7. The predicted octanol–water partition coefficient (Wildman–Crippen LogP) is 2.50. The van der Waals surface area contributed by atoms with Gasteiger partial charge in [0.2, 0.25) is 0 Å². The summed E-state index contributed by atoms with van der Waals surface area (Å²) in [6.45, 7) is 14.2. The summed E-state index contributed by atoms with van der Waals surface area (Å²) in [6.07, 6.45) is 3.08. The molecule has 0 saturated carbocycles. The summed E-state index contributed by atoms with van der Waals surface area (Å²) >= 11 is 0. The van der Waals surface area contributed by atoms with Crippen LogP contribution in [0.1, 0.15) is 47.5 Å². The number of hydrogen-bond acceptors (Lipinski definition) is 3. The van der Waals surface area contributed by atoms with E-state index < -0.39 is 0 Å². The first-order valence-corrected chi connectivity index (χ1v) is 7.53. The highest BCUT2D eigenvalue weighted by molar-refractivity contribution is 4.86. The first-order valence-electron chi connectivity index (χ1n) is 7.53. The molecule has 0 amide bonds. The van der Waals surface area contributed by atoms with Crippen LogP contribution in [0.3, 0.4) is 0 Å². The van der Waals surface area contributed by atoms with Crippen LogP contribution in [0.5, 0.6) is 0 Å². The molecule has 18 heavy (non-hydrogen) atoms. The number of hydrogen-bond donors (Lipinski definition) is 1. The number of rotatable bonds is 7. The van der Waals surface area contributed by atoms with E-state index in [1.807, 2.05) is 0 Å². The maximum absolute atomic E-state index is 6.04. The van der Waals surface area contributed by atoms with Crippen molar-refractivity contribution in [3.8, 4) is 0 Å². The SMILES string of the molecule is CC(C)CN(CC(C)C)C(CN)C1CCC(C)O1. The highest BCUT2D eigenvalue weighted by Crippen LogP contribution is 2.25. The van der Waals surface area contributed by atoms with Gasteiger partial charge < -0.3 is 10.5 Å². The molecule has 1 rings (SSSR count). The first kappa shape index (κ1) is 15.9. The van der Waals surface area contributed by atoms with Gasteiger partial charge in [0.25, 0.3) is 0 Å². The average molecular weight is 256 g/mol. The van der Waals surface area contributed by atoms with Gasteiger partial charge in [0.15, 0.2) is 0 Å². The minimum absolute atomic E-state index is 0.336. The molecular formula is C15H32N2O. The standard InChI is InChI=1S/C15H32N2O/c1-11(2)9-17(10-12(3)4)14(8-16)15-7-6-13(5)18-15/h11-15H,6-10,16H2,1-5H3. The Hall–Kier alpha value is -0.120. The van der Waals surface area contributed by atoms with Gasteiger partial charge >= 0.3 is 0 Å². The maximum atomic E-state index is 6.04. The van der Waals surface area contributed by atoms with Gasteiger partial charge in [-0.15, -0.1) is 0 Å². The van der Waals surface area contributed by atoms with Crippen LogP contribution >= 0.6 is 0 Å². The van der Waals surface area contributed by atoms with Gasteiger partial charge in [-0.05, 0) is 31.6 Å². The Balaban J connectivity index is 2.66. The Kier molecular flexibility index (Phi) is 6.61. The summed E-state index contributed by atoms with van der Waals surface area (Å²) in [5, 5.41) is 0. The van der Waals surface area contributed by atoms with E-state index >= 15 is 0 Å². The molecule has 0 aromatic heterocycles. The second-order valence-corrected chi connectivity index (χ2v) is 6.61. The third kappa shape index (κ3) is 4.87. The van der Waals surface area contributed by atoms with Crippen molar-refractivity contribution in [1.82, 2.24) is 4.90 Å². The Morgan fingerprint density at radius 2 is 1.67 bits per heavy atom. The van der Waals surface area contributed by atoms with Gasteiger partial charge in [0, 0.05) is 25.7 Å². The summed E-state index contributed by atoms with van der Waals surface area (Å²) in [7, 11) is 0. The molecule has 3 unspecified atom stereocenters. The van der Waals surface area contributed by atoms with Crippen LogP contribution < -0.4 is 5.73 Å². The Bertz CT molecular complexity index is 221. The van der Waals surface area contributed by atoms with Crippen molar-refractivity contribution in [2.24, 2.45) is 17.6 Å².